The molecule has 0 aromatic heterocycles. The Morgan fingerprint density at radius 2 is 1.73 bits per heavy atom. The third-order valence-electron chi connectivity index (χ3n) is 3.15. The summed E-state index contributed by atoms with van der Waals surface area (Å²) in [6, 6.07) is 8.57. The normalized spacial score (nSPS) is 12.1. The Bertz CT molecular complexity index is 303. The van der Waals surface area contributed by atoms with Crippen LogP contribution in [0.3, 0.4) is 0 Å². The van der Waals surface area contributed by atoms with Crippen LogP contribution in [0, 0.1) is 6.92 Å². The maximum Gasteiger partial charge on any atom is 0.0558 e. The van der Waals surface area contributed by atoms with Gasteiger partial charge in [-0.25, -0.2) is 0 Å². The molecule has 2 nitrogen and oxygen atoms in total. The molecule has 0 saturated heterocycles. The van der Waals surface area contributed by atoms with Crippen molar-refractivity contribution in [3.63, 3.8) is 0 Å². The zero-order valence-corrected chi connectivity index (χ0v) is 10.1. The van der Waals surface area contributed by atoms with E-state index in [0.29, 0.717) is 6.54 Å². The minimum atomic E-state index is -0.0313. The minimum Gasteiger partial charge on any atom is -0.395 e. The van der Waals surface area contributed by atoms with Crippen molar-refractivity contribution < 1.29 is 5.11 Å². The van der Waals surface area contributed by atoms with E-state index in [0.717, 1.165) is 0 Å². The van der Waals surface area contributed by atoms with Crippen molar-refractivity contribution in [2.45, 2.75) is 26.3 Å². The third kappa shape index (κ3) is 2.80. The summed E-state index contributed by atoms with van der Waals surface area (Å²) in [7, 11) is 2.04. The number of aryl methyl sites for hydroxylation is 1. The summed E-state index contributed by atoms with van der Waals surface area (Å²) in [6.45, 7) is 7.33. The first-order chi connectivity index (χ1) is 6.98. The largest absolute Gasteiger partial charge is 0.395 e. The average molecular weight is 207 g/mol. The lowest BCUT2D eigenvalue weighted by Crippen LogP contribution is -2.40. The zero-order valence-electron chi connectivity index (χ0n) is 10.1. The second kappa shape index (κ2) is 4.77. The van der Waals surface area contributed by atoms with Crippen molar-refractivity contribution in [3.8, 4) is 0 Å². The van der Waals surface area contributed by atoms with Crippen LogP contribution in [-0.4, -0.2) is 30.2 Å². The molecule has 0 aliphatic heterocycles. The van der Waals surface area contributed by atoms with Crippen LogP contribution < -0.4 is 0 Å². The van der Waals surface area contributed by atoms with Crippen molar-refractivity contribution in [1.82, 2.24) is 4.90 Å². The number of benzene rings is 1. The van der Waals surface area contributed by atoms with E-state index in [2.05, 4.69) is 49.9 Å². The molecule has 2 heteroatoms. The Morgan fingerprint density at radius 3 is 2.20 bits per heavy atom. The molecule has 0 bridgehead atoms. The third-order valence-corrected chi connectivity index (χ3v) is 3.15. The van der Waals surface area contributed by atoms with Crippen LogP contribution in [0.15, 0.2) is 24.3 Å². The monoisotopic (exact) mass is 207 g/mol. The Kier molecular flexibility index (Phi) is 3.89. The summed E-state index contributed by atoms with van der Waals surface area (Å²) in [5.74, 6) is 0. The molecule has 1 aromatic rings. The van der Waals surface area contributed by atoms with Gasteiger partial charge in [0.1, 0.15) is 0 Å². The molecular weight excluding hydrogens is 186 g/mol. The maximum atomic E-state index is 8.95. The molecule has 0 amide bonds. The number of aliphatic hydroxyl groups excluding tert-OH is 1. The minimum absolute atomic E-state index is 0.0313. The van der Waals surface area contributed by atoms with Gasteiger partial charge in [0, 0.05) is 12.1 Å². The van der Waals surface area contributed by atoms with Crippen LogP contribution in [0.25, 0.3) is 0 Å². The standard InChI is InChI=1S/C13H21NO/c1-11-5-7-12(8-6-11)13(2,3)14(4)9-10-15/h5-8,15H,9-10H2,1-4H3. The van der Waals surface area contributed by atoms with Gasteiger partial charge in [-0.2, -0.15) is 0 Å². The highest BCUT2D eigenvalue weighted by molar-refractivity contribution is 5.26. The van der Waals surface area contributed by atoms with Gasteiger partial charge in [-0.15, -0.1) is 0 Å². The molecule has 0 saturated carbocycles. The van der Waals surface area contributed by atoms with Gasteiger partial charge in [0.2, 0.25) is 0 Å². The zero-order chi connectivity index (χ0) is 11.5. The predicted octanol–water partition coefficient (Wildman–Crippen LogP) is 2.15. The van der Waals surface area contributed by atoms with Crippen molar-refractivity contribution in [2.75, 3.05) is 20.2 Å². The lowest BCUT2D eigenvalue weighted by molar-refractivity contribution is 0.122. The summed E-state index contributed by atoms with van der Waals surface area (Å²) >= 11 is 0. The molecule has 1 N–H and O–H groups in total. The number of aliphatic hydroxyl groups is 1. The van der Waals surface area contributed by atoms with Crippen LogP contribution in [-0.2, 0) is 5.54 Å². The first-order valence-electron chi connectivity index (χ1n) is 5.37. The van der Waals surface area contributed by atoms with E-state index in [9.17, 15) is 0 Å². The second-order valence-corrected chi connectivity index (χ2v) is 4.57. The first-order valence-corrected chi connectivity index (χ1v) is 5.37. The number of likely N-dealkylation sites (N-methyl/N-ethyl adjacent to an activating group) is 1. The van der Waals surface area contributed by atoms with Crippen molar-refractivity contribution in [3.05, 3.63) is 35.4 Å². The SMILES string of the molecule is Cc1ccc(C(C)(C)N(C)CCO)cc1. The molecule has 0 unspecified atom stereocenters. The highest BCUT2D eigenvalue weighted by Gasteiger charge is 2.24. The van der Waals surface area contributed by atoms with E-state index in [1.54, 1.807) is 0 Å². The van der Waals surface area contributed by atoms with Crippen molar-refractivity contribution in [1.29, 1.82) is 0 Å². The van der Waals surface area contributed by atoms with E-state index in [-0.39, 0.29) is 12.1 Å². The fourth-order valence-corrected chi connectivity index (χ4v) is 1.61. The topological polar surface area (TPSA) is 23.5 Å². The van der Waals surface area contributed by atoms with Crippen LogP contribution in [0.4, 0.5) is 0 Å². The highest BCUT2D eigenvalue weighted by atomic mass is 16.3. The molecule has 0 heterocycles. The quantitative estimate of drug-likeness (QED) is 0.817. The predicted molar refractivity (Wildman–Crippen MR) is 63.9 cm³/mol. The number of hydrogen-bond donors (Lipinski definition) is 1. The van der Waals surface area contributed by atoms with Crippen LogP contribution in [0.1, 0.15) is 25.0 Å². The van der Waals surface area contributed by atoms with Gasteiger partial charge < -0.3 is 5.11 Å². The van der Waals surface area contributed by atoms with Crippen molar-refractivity contribution >= 4 is 0 Å². The number of rotatable bonds is 4. The van der Waals surface area contributed by atoms with E-state index in [4.69, 9.17) is 5.11 Å². The summed E-state index contributed by atoms with van der Waals surface area (Å²) in [5, 5.41) is 8.95. The van der Waals surface area contributed by atoms with E-state index >= 15 is 0 Å². The van der Waals surface area contributed by atoms with Gasteiger partial charge >= 0.3 is 0 Å². The molecule has 1 rings (SSSR count). The Hall–Kier alpha value is -0.860. The summed E-state index contributed by atoms with van der Waals surface area (Å²) in [5.41, 5.74) is 2.53. The molecule has 0 radical (unpaired) electrons. The number of nitrogens with zero attached hydrogens (tertiary/aromatic N) is 1. The molecule has 0 spiro atoms. The van der Waals surface area contributed by atoms with E-state index in [1.165, 1.54) is 11.1 Å². The summed E-state index contributed by atoms with van der Waals surface area (Å²) in [4.78, 5) is 2.16. The van der Waals surface area contributed by atoms with Crippen LogP contribution in [0.5, 0.6) is 0 Å². The van der Waals surface area contributed by atoms with Gasteiger partial charge in [-0.3, -0.25) is 4.90 Å². The molecule has 0 aliphatic carbocycles. The smallest absolute Gasteiger partial charge is 0.0558 e. The summed E-state index contributed by atoms with van der Waals surface area (Å²) < 4.78 is 0. The number of hydrogen-bond acceptors (Lipinski definition) is 2. The second-order valence-electron chi connectivity index (χ2n) is 4.57. The van der Waals surface area contributed by atoms with Gasteiger partial charge in [-0.1, -0.05) is 29.8 Å². The van der Waals surface area contributed by atoms with E-state index in [1.807, 2.05) is 7.05 Å². The maximum absolute atomic E-state index is 8.95. The lowest BCUT2D eigenvalue weighted by Gasteiger charge is -2.35. The highest BCUT2D eigenvalue weighted by Crippen LogP contribution is 2.26. The Balaban J connectivity index is 2.89. The van der Waals surface area contributed by atoms with Crippen LogP contribution in [0.2, 0.25) is 0 Å². The summed E-state index contributed by atoms with van der Waals surface area (Å²) in [6.07, 6.45) is 0. The van der Waals surface area contributed by atoms with Gasteiger partial charge in [-0.05, 0) is 33.4 Å². The molecule has 1 aromatic carbocycles. The Labute approximate surface area is 92.5 Å². The van der Waals surface area contributed by atoms with E-state index < -0.39 is 0 Å². The fraction of sp³-hybridized carbons (Fsp3) is 0.538. The van der Waals surface area contributed by atoms with Gasteiger partial charge in [0.05, 0.1) is 6.61 Å². The lowest BCUT2D eigenvalue weighted by atomic mass is 9.92. The molecule has 0 aliphatic rings. The van der Waals surface area contributed by atoms with Crippen LogP contribution >= 0.6 is 0 Å². The average Bonchev–Trinajstić information content (AvgIpc) is 2.18. The molecule has 0 atom stereocenters. The Morgan fingerprint density at radius 1 is 1.20 bits per heavy atom. The fourth-order valence-electron chi connectivity index (χ4n) is 1.61. The van der Waals surface area contributed by atoms with Gasteiger partial charge in [0.25, 0.3) is 0 Å². The molecular formula is C13H21NO. The van der Waals surface area contributed by atoms with Crippen molar-refractivity contribution in [2.24, 2.45) is 0 Å². The molecule has 0 fully saturated rings. The molecule has 15 heavy (non-hydrogen) atoms. The molecule has 84 valence electrons. The van der Waals surface area contributed by atoms with Gasteiger partial charge in [0.15, 0.2) is 0 Å². The first kappa shape index (κ1) is 12.2.